The second-order valence-corrected chi connectivity index (χ2v) is 3.86. The first-order chi connectivity index (χ1) is 7.07. The smallest absolute Gasteiger partial charge is 0.237 e. The summed E-state index contributed by atoms with van der Waals surface area (Å²) < 4.78 is 0. The van der Waals surface area contributed by atoms with Gasteiger partial charge in [-0.25, -0.2) is 0 Å². The lowest BCUT2D eigenvalue weighted by Crippen LogP contribution is -2.41. The van der Waals surface area contributed by atoms with Crippen LogP contribution in [-0.4, -0.2) is 24.3 Å². The largest absolute Gasteiger partial charge is 0.355 e. The van der Waals surface area contributed by atoms with Crippen LogP contribution in [0.3, 0.4) is 0 Å². The molecule has 0 aromatic carbocycles. The minimum atomic E-state index is -0.686. The second-order valence-electron chi connectivity index (χ2n) is 3.86. The van der Waals surface area contributed by atoms with Gasteiger partial charge in [0.05, 0.1) is 6.04 Å². The van der Waals surface area contributed by atoms with E-state index in [9.17, 15) is 9.59 Å². The normalized spacial score (nSPS) is 12.2. The molecule has 1 amide bonds. The van der Waals surface area contributed by atoms with Gasteiger partial charge in [0.2, 0.25) is 5.91 Å². The Hall–Kier alpha value is -0.900. The molecule has 0 fully saturated rings. The minimum absolute atomic E-state index is 0.0522. The summed E-state index contributed by atoms with van der Waals surface area (Å²) in [4.78, 5) is 22.0. The van der Waals surface area contributed by atoms with Crippen molar-refractivity contribution < 1.29 is 9.59 Å². The molecule has 1 unspecified atom stereocenters. The molecule has 3 N–H and O–H groups in total. The van der Waals surface area contributed by atoms with Gasteiger partial charge in [-0.1, -0.05) is 26.2 Å². The number of nitrogens with two attached hydrogens (primary N) is 1. The average molecular weight is 214 g/mol. The zero-order valence-electron chi connectivity index (χ0n) is 9.71. The summed E-state index contributed by atoms with van der Waals surface area (Å²) >= 11 is 0. The number of nitrogens with one attached hydrogen (secondary N) is 1. The lowest BCUT2D eigenvalue weighted by molar-refractivity contribution is -0.125. The van der Waals surface area contributed by atoms with Crippen molar-refractivity contribution in [3.8, 4) is 0 Å². The van der Waals surface area contributed by atoms with E-state index in [1.54, 1.807) is 0 Å². The van der Waals surface area contributed by atoms with Gasteiger partial charge < -0.3 is 11.1 Å². The van der Waals surface area contributed by atoms with Crippen LogP contribution in [0, 0.1) is 0 Å². The average Bonchev–Trinajstić information content (AvgIpc) is 2.16. The van der Waals surface area contributed by atoms with Crippen molar-refractivity contribution in [2.75, 3.05) is 6.54 Å². The van der Waals surface area contributed by atoms with Crippen LogP contribution in [0.2, 0.25) is 0 Å². The molecule has 4 heteroatoms. The summed E-state index contributed by atoms with van der Waals surface area (Å²) in [6.45, 7) is 4.24. The minimum Gasteiger partial charge on any atom is -0.355 e. The first-order valence-corrected chi connectivity index (χ1v) is 5.60. The molecule has 4 nitrogen and oxygen atoms in total. The number of carbonyl (C=O) groups excluding carboxylic acids is 2. The molecule has 0 heterocycles. The molecule has 88 valence electrons. The summed E-state index contributed by atoms with van der Waals surface area (Å²) in [5.74, 6) is -0.273. The first kappa shape index (κ1) is 14.1. The van der Waals surface area contributed by atoms with Gasteiger partial charge in [-0.05, 0) is 13.3 Å². The molecule has 0 aromatic heterocycles. The van der Waals surface area contributed by atoms with Crippen LogP contribution in [0.25, 0.3) is 0 Å². The number of Topliss-reactive ketones (excluding diaryl/α,β-unsaturated/α-hetero) is 1. The molecule has 0 aliphatic rings. The Balaban J connectivity index is 3.51. The Morgan fingerprint density at radius 1 is 1.27 bits per heavy atom. The van der Waals surface area contributed by atoms with Gasteiger partial charge in [0.15, 0.2) is 0 Å². The van der Waals surface area contributed by atoms with E-state index < -0.39 is 6.04 Å². The maximum Gasteiger partial charge on any atom is 0.237 e. The second kappa shape index (κ2) is 8.41. The van der Waals surface area contributed by atoms with E-state index in [4.69, 9.17) is 5.73 Å². The summed E-state index contributed by atoms with van der Waals surface area (Å²) in [5.41, 5.74) is 5.53. The molecule has 0 saturated carbocycles. The number of amides is 1. The van der Waals surface area contributed by atoms with Crippen LogP contribution in [0.15, 0.2) is 0 Å². The van der Waals surface area contributed by atoms with Gasteiger partial charge in [-0.15, -0.1) is 0 Å². The van der Waals surface area contributed by atoms with Crippen molar-refractivity contribution in [2.24, 2.45) is 5.73 Å². The van der Waals surface area contributed by atoms with Crippen LogP contribution in [0.1, 0.15) is 46.0 Å². The Bertz CT molecular complexity index is 205. The fourth-order valence-corrected chi connectivity index (χ4v) is 1.30. The van der Waals surface area contributed by atoms with Crippen molar-refractivity contribution in [1.82, 2.24) is 5.32 Å². The van der Waals surface area contributed by atoms with E-state index in [2.05, 4.69) is 12.2 Å². The van der Waals surface area contributed by atoms with Crippen LogP contribution in [-0.2, 0) is 9.59 Å². The molecule has 0 aliphatic heterocycles. The van der Waals surface area contributed by atoms with E-state index in [1.165, 1.54) is 19.8 Å². The molecule has 1 atom stereocenters. The third kappa shape index (κ3) is 8.12. The lowest BCUT2D eigenvalue weighted by Gasteiger charge is -2.10. The maximum atomic E-state index is 11.3. The van der Waals surface area contributed by atoms with Gasteiger partial charge in [0, 0.05) is 13.0 Å². The highest BCUT2D eigenvalue weighted by atomic mass is 16.2. The number of ketones is 1. The summed E-state index contributed by atoms with van der Waals surface area (Å²) in [5, 5.41) is 2.73. The molecule has 0 rings (SSSR count). The molecule has 0 aliphatic carbocycles. The van der Waals surface area contributed by atoms with Gasteiger partial charge in [0.25, 0.3) is 0 Å². The van der Waals surface area contributed by atoms with Crippen molar-refractivity contribution in [1.29, 1.82) is 0 Å². The Morgan fingerprint density at radius 3 is 2.47 bits per heavy atom. The van der Waals surface area contributed by atoms with Crippen LogP contribution < -0.4 is 11.1 Å². The summed E-state index contributed by atoms with van der Waals surface area (Å²) in [7, 11) is 0. The number of hydrogen-bond donors (Lipinski definition) is 2. The first-order valence-electron chi connectivity index (χ1n) is 5.60. The van der Waals surface area contributed by atoms with Crippen LogP contribution in [0.4, 0.5) is 0 Å². The molecule has 0 bridgehead atoms. The quantitative estimate of drug-likeness (QED) is 0.592. The van der Waals surface area contributed by atoms with Crippen LogP contribution >= 0.6 is 0 Å². The molecule has 0 saturated heterocycles. The number of carbonyl (C=O) groups is 2. The van der Waals surface area contributed by atoms with E-state index >= 15 is 0 Å². The van der Waals surface area contributed by atoms with E-state index in [0.29, 0.717) is 6.54 Å². The van der Waals surface area contributed by atoms with Crippen molar-refractivity contribution in [3.05, 3.63) is 0 Å². The molecule has 0 aromatic rings. The molecule has 0 spiro atoms. The Labute approximate surface area is 91.6 Å². The molecule has 0 radical (unpaired) electrons. The number of rotatable bonds is 8. The molecular weight excluding hydrogens is 192 g/mol. The van der Waals surface area contributed by atoms with E-state index in [1.807, 2.05) is 0 Å². The fraction of sp³-hybridized carbons (Fsp3) is 0.818. The van der Waals surface area contributed by atoms with Crippen molar-refractivity contribution in [3.63, 3.8) is 0 Å². The van der Waals surface area contributed by atoms with Gasteiger partial charge in [-0.3, -0.25) is 9.59 Å². The predicted molar refractivity (Wildman–Crippen MR) is 60.4 cm³/mol. The standard InChI is InChI=1S/C11H22N2O2/c1-3-4-5-6-7-13-11(15)10(12)8-9(2)14/h10H,3-8,12H2,1-2H3,(H,13,15). The fourth-order valence-electron chi connectivity index (χ4n) is 1.30. The van der Waals surface area contributed by atoms with Crippen LogP contribution in [0.5, 0.6) is 0 Å². The zero-order chi connectivity index (χ0) is 11.7. The highest BCUT2D eigenvalue weighted by Crippen LogP contribution is 1.97. The van der Waals surface area contributed by atoms with Gasteiger partial charge in [0.1, 0.15) is 5.78 Å². The summed E-state index contributed by atoms with van der Waals surface area (Å²) in [6.07, 6.45) is 4.60. The summed E-state index contributed by atoms with van der Waals surface area (Å²) in [6, 6.07) is -0.686. The Kier molecular flexibility index (Phi) is 7.91. The highest BCUT2D eigenvalue weighted by molar-refractivity contribution is 5.87. The zero-order valence-corrected chi connectivity index (χ0v) is 9.71. The number of hydrogen-bond acceptors (Lipinski definition) is 3. The maximum absolute atomic E-state index is 11.3. The lowest BCUT2D eigenvalue weighted by atomic mass is 10.1. The van der Waals surface area contributed by atoms with E-state index in [0.717, 1.165) is 12.8 Å². The van der Waals surface area contributed by atoms with Crippen molar-refractivity contribution in [2.45, 2.75) is 52.0 Å². The SMILES string of the molecule is CCCCCCNC(=O)C(N)CC(C)=O. The van der Waals surface area contributed by atoms with Crippen molar-refractivity contribution >= 4 is 11.7 Å². The third-order valence-corrected chi connectivity index (χ3v) is 2.17. The molecule has 15 heavy (non-hydrogen) atoms. The topological polar surface area (TPSA) is 72.2 Å². The van der Waals surface area contributed by atoms with E-state index in [-0.39, 0.29) is 18.1 Å². The monoisotopic (exact) mass is 214 g/mol. The molecular formula is C11H22N2O2. The van der Waals surface area contributed by atoms with Gasteiger partial charge in [-0.2, -0.15) is 0 Å². The Morgan fingerprint density at radius 2 is 1.93 bits per heavy atom. The number of unbranched alkanes of at least 4 members (excludes halogenated alkanes) is 3. The third-order valence-electron chi connectivity index (χ3n) is 2.17. The van der Waals surface area contributed by atoms with Gasteiger partial charge >= 0.3 is 0 Å². The highest BCUT2D eigenvalue weighted by Gasteiger charge is 2.14. The predicted octanol–water partition coefficient (Wildman–Crippen LogP) is 0.989.